The van der Waals surface area contributed by atoms with E-state index in [2.05, 4.69) is 10.6 Å². The van der Waals surface area contributed by atoms with Crippen LogP contribution >= 0.6 is 0 Å². The van der Waals surface area contributed by atoms with Gasteiger partial charge in [-0.25, -0.2) is 0 Å². The minimum absolute atomic E-state index is 0.0216. The molecule has 1 saturated carbocycles. The topological polar surface area (TPSA) is 70.7 Å². The molecule has 0 spiro atoms. The van der Waals surface area contributed by atoms with E-state index in [1.165, 1.54) is 25.7 Å². The molecule has 0 aromatic rings. The first-order valence-electron chi connectivity index (χ1n) is 7.61. The predicted molar refractivity (Wildman–Crippen MR) is 75.3 cm³/mol. The summed E-state index contributed by atoms with van der Waals surface area (Å²) in [6.45, 7) is 3.33. The number of morpholine rings is 1. The fourth-order valence-corrected chi connectivity index (χ4v) is 2.71. The van der Waals surface area contributed by atoms with Gasteiger partial charge in [-0.3, -0.25) is 9.59 Å². The van der Waals surface area contributed by atoms with E-state index < -0.39 is 0 Å². The van der Waals surface area contributed by atoms with E-state index in [4.69, 9.17) is 4.74 Å². The number of amides is 2. The maximum atomic E-state index is 11.9. The standard InChI is InChI=1S/C14H25N3O3/c18-13(11-16-12-3-1-2-4-12)15-6-5-14(19)17-7-9-20-10-8-17/h12,16H,1-11H2,(H,15,18). The zero-order valence-electron chi connectivity index (χ0n) is 12.0. The highest BCUT2D eigenvalue weighted by Gasteiger charge is 2.17. The molecule has 20 heavy (non-hydrogen) atoms. The van der Waals surface area contributed by atoms with Crippen molar-refractivity contribution in [3.8, 4) is 0 Å². The van der Waals surface area contributed by atoms with Gasteiger partial charge in [-0.05, 0) is 12.8 Å². The molecule has 2 fully saturated rings. The number of carbonyl (C=O) groups is 2. The predicted octanol–water partition coefficient (Wildman–Crippen LogP) is -0.116. The molecule has 1 saturated heterocycles. The molecule has 1 aliphatic heterocycles. The molecule has 2 N–H and O–H groups in total. The maximum absolute atomic E-state index is 11.9. The molecule has 6 nitrogen and oxygen atoms in total. The van der Waals surface area contributed by atoms with Crippen LogP contribution in [0.15, 0.2) is 0 Å². The van der Waals surface area contributed by atoms with E-state index in [0.29, 0.717) is 51.9 Å². The van der Waals surface area contributed by atoms with Gasteiger partial charge >= 0.3 is 0 Å². The highest BCUT2D eigenvalue weighted by molar-refractivity contribution is 5.80. The third kappa shape index (κ3) is 5.09. The molecule has 1 heterocycles. The fraction of sp³-hybridized carbons (Fsp3) is 0.857. The average molecular weight is 283 g/mol. The van der Waals surface area contributed by atoms with Crippen molar-refractivity contribution >= 4 is 11.8 Å². The van der Waals surface area contributed by atoms with E-state index in [9.17, 15) is 9.59 Å². The van der Waals surface area contributed by atoms with Crippen LogP contribution in [0.1, 0.15) is 32.1 Å². The molecule has 0 aromatic heterocycles. The molecule has 1 aliphatic carbocycles. The van der Waals surface area contributed by atoms with Crippen LogP contribution in [0.4, 0.5) is 0 Å². The van der Waals surface area contributed by atoms with Crippen molar-refractivity contribution in [1.82, 2.24) is 15.5 Å². The Bertz CT molecular complexity index is 324. The molecule has 114 valence electrons. The zero-order valence-corrected chi connectivity index (χ0v) is 12.0. The highest BCUT2D eigenvalue weighted by atomic mass is 16.5. The van der Waals surface area contributed by atoms with Gasteiger partial charge in [0.15, 0.2) is 0 Å². The van der Waals surface area contributed by atoms with Gasteiger partial charge in [-0.1, -0.05) is 12.8 Å². The molecular formula is C14H25N3O3. The molecule has 6 heteroatoms. The lowest BCUT2D eigenvalue weighted by Gasteiger charge is -2.26. The lowest BCUT2D eigenvalue weighted by atomic mass is 10.2. The summed E-state index contributed by atoms with van der Waals surface area (Å²) in [4.78, 5) is 25.3. The summed E-state index contributed by atoms with van der Waals surface area (Å²) in [5.74, 6) is 0.0732. The van der Waals surface area contributed by atoms with Crippen molar-refractivity contribution in [2.24, 2.45) is 0 Å². The Morgan fingerprint density at radius 3 is 2.55 bits per heavy atom. The largest absolute Gasteiger partial charge is 0.378 e. The monoisotopic (exact) mass is 283 g/mol. The fourth-order valence-electron chi connectivity index (χ4n) is 2.71. The number of hydrogen-bond acceptors (Lipinski definition) is 4. The van der Waals surface area contributed by atoms with E-state index in [1.807, 2.05) is 0 Å². The lowest BCUT2D eigenvalue weighted by Crippen LogP contribution is -2.43. The molecule has 2 rings (SSSR count). The van der Waals surface area contributed by atoms with Gasteiger partial charge in [0.05, 0.1) is 19.8 Å². The van der Waals surface area contributed by atoms with Crippen LogP contribution < -0.4 is 10.6 Å². The lowest BCUT2D eigenvalue weighted by molar-refractivity contribution is -0.135. The van der Waals surface area contributed by atoms with Crippen LogP contribution in [0.5, 0.6) is 0 Å². The minimum Gasteiger partial charge on any atom is -0.378 e. The zero-order chi connectivity index (χ0) is 14.2. The Hall–Kier alpha value is -1.14. The van der Waals surface area contributed by atoms with Crippen LogP contribution in [0, 0.1) is 0 Å². The van der Waals surface area contributed by atoms with Crippen LogP contribution in [0.25, 0.3) is 0 Å². The SMILES string of the molecule is O=C(CNC1CCCC1)NCCC(=O)N1CCOCC1. The summed E-state index contributed by atoms with van der Waals surface area (Å²) in [6.07, 6.45) is 5.22. The average Bonchev–Trinajstić information content (AvgIpc) is 2.99. The van der Waals surface area contributed by atoms with Crippen molar-refractivity contribution in [2.45, 2.75) is 38.1 Å². The van der Waals surface area contributed by atoms with Gasteiger partial charge in [0, 0.05) is 32.1 Å². The van der Waals surface area contributed by atoms with E-state index in [0.717, 1.165) is 0 Å². The van der Waals surface area contributed by atoms with Gasteiger partial charge in [-0.15, -0.1) is 0 Å². The third-order valence-electron chi connectivity index (χ3n) is 3.93. The summed E-state index contributed by atoms with van der Waals surface area (Å²) in [5.41, 5.74) is 0. The second kappa shape index (κ2) is 8.21. The van der Waals surface area contributed by atoms with E-state index in [1.54, 1.807) is 4.90 Å². The number of rotatable bonds is 6. The Balaban J connectivity index is 1.52. The van der Waals surface area contributed by atoms with Gasteiger partial charge in [-0.2, -0.15) is 0 Å². The summed E-state index contributed by atoms with van der Waals surface area (Å²) in [7, 11) is 0. The third-order valence-corrected chi connectivity index (χ3v) is 3.93. The van der Waals surface area contributed by atoms with Crippen molar-refractivity contribution in [3.05, 3.63) is 0 Å². The summed E-state index contributed by atoms with van der Waals surface area (Å²) in [5, 5.41) is 6.06. The molecule has 2 amide bonds. The number of carbonyl (C=O) groups excluding carboxylic acids is 2. The highest BCUT2D eigenvalue weighted by Crippen LogP contribution is 2.17. The van der Waals surface area contributed by atoms with Gasteiger partial charge in [0.25, 0.3) is 0 Å². The van der Waals surface area contributed by atoms with Crippen molar-refractivity contribution in [3.63, 3.8) is 0 Å². The van der Waals surface area contributed by atoms with Gasteiger partial charge in [0.1, 0.15) is 0 Å². The molecule has 2 aliphatic rings. The normalized spacial score (nSPS) is 20.1. The van der Waals surface area contributed by atoms with Gasteiger partial charge in [0.2, 0.25) is 11.8 Å². The second-order valence-electron chi connectivity index (χ2n) is 5.46. The molecule has 0 bridgehead atoms. The smallest absolute Gasteiger partial charge is 0.233 e. The van der Waals surface area contributed by atoms with Crippen LogP contribution in [0.3, 0.4) is 0 Å². The van der Waals surface area contributed by atoms with Crippen molar-refractivity contribution < 1.29 is 14.3 Å². The Labute approximate surface area is 120 Å². The quantitative estimate of drug-likeness (QED) is 0.713. The van der Waals surface area contributed by atoms with Gasteiger partial charge < -0.3 is 20.3 Å². The van der Waals surface area contributed by atoms with Crippen molar-refractivity contribution in [1.29, 1.82) is 0 Å². The first-order valence-corrected chi connectivity index (χ1v) is 7.61. The summed E-state index contributed by atoms with van der Waals surface area (Å²) < 4.78 is 5.20. The molecule has 0 radical (unpaired) electrons. The minimum atomic E-state index is -0.0216. The van der Waals surface area contributed by atoms with Crippen LogP contribution in [0.2, 0.25) is 0 Å². The summed E-state index contributed by atoms with van der Waals surface area (Å²) >= 11 is 0. The van der Waals surface area contributed by atoms with E-state index >= 15 is 0 Å². The van der Waals surface area contributed by atoms with Crippen LogP contribution in [-0.2, 0) is 14.3 Å². The molecule has 0 unspecified atom stereocenters. The second-order valence-corrected chi connectivity index (χ2v) is 5.46. The molecular weight excluding hydrogens is 258 g/mol. The summed E-state index contributed by atoms with van der Waals surface area (Å²) in [6, 6.07) is 0.496. The number of hydrogen-bond donors (Lipinski definition) is 2. The Morgan fingerprint density at radius 1 is 1.15 bits per heavy atom. The number of nitrogens with zero attached hydrogens (tertiary/aromatic N) is 1. The Morgan fingerprint density at radius 2 is 1.85 bits per heavy atom. The van der Waals surface area contributed by atoms with Crippen molar-refractivity contribution in [2.75, 3.05) is 39.4 Å². The molecule has 0 atom stereocenters. The Kier molecular flexibility index (Phi) is 6.26. The van der Waals surface area contributed by atoms with Crippen LogP contribution in [-0.4, -0.2) is 62.1 Å². The van der Waals surface area contributed by atoms with E-state index in [-0.39, 0.29) is 11.8 Å². The maximum Gasteiger partial charge on any atom is 0.233 e. The molecule has 0 aromatic carbocycles. The number of nitrogens with one attached hydrogen (secondary N) is 2. The number of ether oxygens (including phenoxy) is 1. The first-order chi connectivity index (χ1) is 9.75. The first kappa shape index (κ1) is 15.3.